The van der Waals surface area contributed by atoms with E-state index >= 15 is 0 Å². The van der Waals surface area contributed by atoms with Crippen molar-refractivity contribution in [2.24, 2.45) is 11.8 Å². The van der Waals surface area contributed by atoms with Gasteiger partial charge in [-0.05, 0) is 68.2 Å². The van der Waals surface area contributed by atoms with Crippen molar-refractivity contribution in [2.75, 3.05) is 11.9 Å². The number of aryl methyl sites for hydroxylation is 1. The minimum atomic E-state index is -0.156. The Morgan fingerprint density at radius 3 is 2.32 bits per heavy atom. The fourth-order valence-corrected chi connectivity index (χ4v) is 4.52. The molecule has 2 aromatic carbocycles. The predicted molar refractivity (Wildman–Crippen MR) is 126 cm³/mol. The van der Waals surface area contributed by atoms with Gasteiger partial charge in [0, 0.05) is 24.7 Å². The first-order valence-electron chi connectivity index (χ1n) is 11.0. The van der Waals surface area contributed by atoms with Crippen molar-refractivity contribution in [3.63, 3.8) is 0 Å². The molecule has 1 fully saturated rings. The number of amides is 2. The molecule has 2 amide bonds. The van der Waals surface area contributed by atoms with E-state index < -0.39 is 0 Å². The highest BCUT2D eigenvalue weighted by Crippen LogP contribution is 2.29. The fraction of sp³-hybridized carbons (Fsp3) is 0.440. The van der Waals surface area contributed by atoms with E-state index in [1.807, 2.05) is 43.3 Å². The first kappa shape index (κ1) is 23.3. The van der Waals surface area contributed by atoms with Crippen LogP contribution in [0.3, 0.4) is 0 Å². The molecule has 166 valence electrons. The molecule has 1 heterocycles. The normalized spacial score (nSPS) is 22.5. The summed E-state index contributed by atoms with van der Waals surface area (Å²) in [6, 6.07) is 16.1. The number of benzene rings is 2. The first-order chi connectivity index (χ1) is 14.6. The molecule has 1 atom stereocenters. The second kappa shape index (κ2) is 10.8. The van der Waals surface area contributed by atoms with Crippen molar-refractivity contribution in [3.8, 4) is 0 Å². The van der Waals surface area contributed by atoms with Gasteiger partial charge in [-0.2, -0.15) is 0 Å². The number of carbonyl (C=O) groups excluding carboxylic acids is 2. The van der Waals surface area contributed by atoms with Crippen LogP contribution >= 0.6 is 12.4 Å². The fourth-order valence-electron chi connectivity index (χ4n) is 4.52. The maximum absolute atomic E-state index is 12.6. The Hall–Kier alpha value is -2.37. The van der Waals surface area contributed by atoms with Gasteiger partial charge in [0.2, 0.25) is 11.8 Å². The highest BCUT2D eigenvalue weighted by atomic mass is 35.5. The van der Waals surface area contributed by atoms with E-state index in [4.69, 9.17) is 0 Å². The number of anilines is 1. The third-order valence-electron chi connectivity index (χ3n) is 6.50. The number of halogens is 1. The maximum Gasteiger partial charge on any atom is 0.237 e. The highest BCUT2D eigenvalue weighted by molar-refractivity contribution is 5.92. The third-order valence-corrected chi connectivity index (χ3v) is 6.50. The monoisotopic (exact) mass is 441 g/mol. The molecule has 1 saturated carbocycles. The summed E-state index contributed by atoms with van der Waals surface area (Å²) in [7, 11) is 0. The Labute approximate surface area is 190 Å². The SMILES string of the molecule is Cc1ccc(NC(=O)C2CCC(CNC(=O)[C@@H]3Cc4ccccc4CN3)CC2)cc1.Cl. The van der Waals surface area contributed by atoms with E-state index in [0.717, 1.165) is 44.3 Å². The molecule has 0 saturated heterocycles. The molecule has 2 aromatic rings. The van der Waals surface area contributed by atoms with E-state index in [1.54, 1.807) is 0 Å². The minimum Gasteiger partial charge on any atom is -0.354 e. The molecule has 4 rings (SSSR count). The molecule has 31 heavy (non-hydrogen) atoms. The number of carbonyl (C=O) groups is 2. The van der Waals surface area contributed by atoms with E-state index in [-0.39, 0.29) is 36.2 Å². The van der Waals surface area contributed by atoms with Gasteiger partial charge in [-0.1, -0.05) is 42.0 Å². The van der Waals surface area contributed by atoms with E-state index in [2.05, 4.69) is 28.1 Å². The number of rotatable bonds is 5. The second-order valence-electron chi connectivity index (χ2n) is 8.72. The standard InChI is InChI=1S/C25H31N3O2.ClH/c1-17-6-12-22(13-7-17)28-24(29)19-10-8-18(9-11-19)15-27-25(30)23-14-20-4-2-3-5-21(20)16-26-23;/h2-7,12-13,18-19,23,26H,8-11,14-16H2,1H3,(H,27,30)(H,28,29);1H/t18?,19?,23-;/m0./s1. The molecule has 6 heteroatoms. The van der Waals surface area contributed by atoms with E-state index in [0.29, 0.717) is 12.5 Å². The topological polar surface area (TPSA) is 70.2 Å². The van der Waals surface area contributed by atoms with Crippen LogP contribution < -0.4 is 16.0 Å². The Morgan fingerprint density at radius 1 is 0.935 bits per heavy atom. The van der Waals surface area contributed by atoms with Gasteiger partial charge in [0.05, 0.1) is 6.04 Å². The predicted octanol–water partition coefficient (Wildman–Crippen LogP) is 3.99. The number of hydrogen-bond acceptors (Lipinski definition) is 3. The zero-order valence-electron chi connectivity index (χ0n) is 18.0. The average molecular weight is 442 g/mol. The van der Waals surface area contributed by atoms with Crippen LogP contribution in [0, 0.1) is 18.8 Å². The molecule has 1 aliphatic heterocycles. The summed E-state index contributed by atoms with van der Waals surface area (Å²) in [4.78, 5) is 25.2. The van der Waals surface area contributed by atoms with Crippen molar-refractivity contribution in [1.82, 2.24) is 10.6 Å². The quantitative estimate of drug-likeness (QED) is 0.657. The lowest BCUT2D eigenvalue weighted by atomic mass is 9.81. The molecular formula is C25H32ClN3O2. The summed E-state index contributed by atoms with van der Waals surface area (Å²) in [5, 5.41) is 9.52. The zero-order chi connectivity index (χ0) is 20.9. The van der Waals surface area contributed by atoms with Gasteiger partial charge < -0.3 is 16.0 Å². The van der Waals surface area contributed by atoms with Crippen LogP contribution in [0.25, 0.3) is 0 Å². The zero-order valence-corrected chi connectivity index (χ0v) is 18.8. The van der Waals surface area contributed by atoms with Crippen molar-refractivity contribution >= 4 is 29.9 Å². The molecule has 0 bridgehead atoms. The highest BCUT2D eigenvalue weighted by Gasteiger charge is 2.28. The summed E-state index contributed by atoms with van der Waals surface area (Å²) < 4.78 is 0. The van der Waals surface area contributed by atoms with Crippen LogP contribution in [-0.2, 0) is 22.6 Å². The molecule has 5 nitrogen and oxygen atoms in total. The summed E-state index contributed by atoms with van der Waals surface area (Å²) in [5.74, 6) is 0.721. The molecule has 1 aliphatic carbocycles. The Bertz CT molecular complexity index is 892. The van der Waals surface area contributed by atoms with Gasteiger partial charge in [0.15, 0.2) is 0 Å². The summed E-state index contributed by atoms with van der Waals surface area (Å²) in [5.41, 5.74) is 4.59. The molecular weight excluding hydrogens is 410 g/mol. The molecule has 0 spiro atoms. The molecule has 2 aliphatic rings. The van der Waals surface area contributed by atoms with Crippen molar-refractivity contribution < 1.29 is 9.59 Å². The Kier molecular flexibility index (Phi) is 8.10. The Balaban J connectivity index is 0.00000272. The first-order valence-corrected chi connectivity index (χ1v) is 11.0. The summed E-state index contributed by atoms with van der Waals surface area (Å²) >= 11 is 0. The summed E-state index contributed by atoms with van der Waals surface area (Å²) in [6.07, 6.45) is 4.47. The van der Waals surface area contributed by atoms with Crippen LogP contribution in [-0.4, -0.2) is 24.4 Å². The lowest BCUT2D eigenvalue weighted by molar-refractivity contribution is -0.124. The van der Waals surface area contributed by atoms with Crippen LogP contribution in [0.4, 0.5) is 5.69 Å². The molecule has 0 radical (unpaired) electrons. The van der Waals surface area contributed by atoms with Crippen LogP contribution in [0.2, 0.25) is 0 Å². The number of fused-ring (bicyclic) bond motifs is 1. The van der Waals surface area contributed by atoms with Crippen LogP contribution in [0.1, 0.15) is 42.4 Å². The van der Waals surface area contributed by atoms with Gasteiger partial charge in [0.1, 0.15) is 0 Å². The maximum atomic E-state index is 12.6. The van der Waals surface area contributed by atoms with Gasteiger partial charge in [-0.3, -0.25) is 9.59 Å². The van der Waals surface area contributed by atoms with E-state index in [1.165, 1.54) is 16.7 Å². The molecule has 0 aromatic heterocycles. The van der Waals surface area contributed by atoms with Gasteiger partial charge in [0.25, 0.3) is 0 Å². The van der Waals surface area contributed by atoms with Gasteiger partial charge in [-0.15, -0.1) is 12.4 Å². The lowest BCUT2D eigenvalue weighted by Crippen LogP contribution is -2.48. The average Bonchev–Trinajstić information content (AvgIpc) is 2.79. The van der Waals surface area contributed by atoms with Crippen LogP contribution in [0.5, 0.6) is 0 Å². The number of nitrogens with one attached hydrogen (secondary N) is 3. The van der Waals surface area contributed by atoms with Crippen molar-refractivity contribution in [3.05, 3.63) is 65.2 Å². The minimum absolute atomic E-state index is 0. The van der Waals surface area contributed by atoms with Crippen molar-refractivity contribution in [2.45, 2.75) is 51.6 Å². The summed E-state index contributed by atoms with van der Waals surface area (Å²) in [6.45, 7) is 3.48. The second-order valence-corrected chi connectivity index (χ2v) is 8.72. The largest absolute Gasteiger partial charge is 0.354 e. The third kappa shape index (κ3) is 6.08. The van der Waals surface area contributed by atoms with E-state index in [9.17, 15) is 9.59 Å². The lowest BCUT2D eigenvalue weighted by Gasteiger charge is -2.29. The smallest absolute Gasteiger partial charge is 0.237 e. The molecule has 0 unspecified atom stereocenters. The van der Waals surface area contributed by atoms with Gasteiger partial charge >= 0.3 is 0 Å². The van der Waals surface area contributed by atoms with Crippen molar-refractivity contribution in [1.29, 1.82) is 0 Å². The molecule has 3 N–H and O–H groups in total. The van der Waals surface area contributed by atoms with Gasteiger partial charge in [-0.25, -0.2) is 0 Å². The van der Waals surface area contributed by atoms with Crippen LogP contribution in [0.15, 0.2) is 48.5 Å². The number of hydrogen-bond donors (Lipinski definition) is 3. The Morgan fingerprint density at radius 2 is 1.61 bits per heavy atom.